The summed E-state index contributed by atoms with van der Waals surface area (Å²) in [6.45, 7) is 13.4. The molecule has 0 fully saturated rings. The topological polar surface area (TPSA) is 26.3 Å². The Morgan fingerprint density at radius 1 is 1.36 bits per heavy atom. The molecule has 0 aliphatic heterocycles. The summed E-state index contributed by atoms with van der Waals surface area (Å²) in [6.07, 6.45) is 0.557. The van der Waals surface area contributed by atoms with Crippen LogP contribution in [0.1, 0.15) is 34.1 Å². The third-order valence-corrected chi connectivity index (χ3v) is 5.40. The Kier molecular flexibility index (Phi) is 5.42. The van der Waals surface area contributed by atoms with Gasteiger partial charge in [-0.05, 0) is 11.0 Å². The molecule has 0 aromatic rings. The first-order chi connectivity index (χ1) is 6.25. The van der Waals surface area contributed by atoms with Gasteiger partial charge in [0.15, 0.2) is 0 Å². The van der Waals surface area contributed by atoms with Gasteiger partial charge in [0.2, 0.25) is 0 Å². The predicted molar refractivity (Wildman–Crippen MR) is 61.9 cm³/mol. The lowest BCUT2D eigenvalue weighted by Gasteiger charge is -2.26. The van der Waals surface area contributed by atoms with Gasteiger partial charge in [0.25, 0.3) is 0 Å². The largest absolute Gasteiger partial charge is 0.465 e. The first-order valence-electron chi connectivity index (χ1n) is 5.22. The smallest absolute Gasteiger partial charge is 0.306 e. The quantitative estimate of drug-likeness (QED) is 0.520. The molecule has 0 N–H and O–H groups in total. The molecule has 0 heterocycles. The van der Waals surface area contributed by atoms with Crippen molar-refractivity contribution in [3.05, 3.63) is 0 Å². The maximum atomic E-state index is 11.5. The Balaban J connectivity index is 3.94. The van der Waals surface area contributed by atoms with Crippen molar-refractivity contribution in [2.45, 2.75) is 52.2 Å². The van der Waals surface area contributed by atoms with Crippen LogP contribution in [0.15, 0.2) is 0 Å². The van der Waals surface area contributed by atoms with Crippen molar-refractivity contribution >= 4 is 14.8 Å². The Bertz CT molecular complexity index is 186. The fourth-order valence-corrected chi connectivity index (χ4v) is 1.35. The summed E-state index contributed by atoms with van der Waals surface area (Å²) in [6, 6.07) is 0. The molecular formula is C11H23O2Si. The van der Waals surface area contributed by atoms with Gasteiger partial charge in [-0.2, -0.15) is 0 Å². The highest BCUT2D eigenvalue weighted by molar-refractivity contribution is 6.59. The van der Waals surface area contributed by atoms with E-state index < -0.39 is 8.80 Å². The van der Waals surface area contributed by atoms with E-state index >= 15 is 0 Å². The molecule has 2 nitrogen and oxygen atoms in total. The molecule has 0 saturated carbocycles. The van der Waals surface area contributed by atoms with Crippen LogP contribution in [0.4, 0.5) is 0 Å². The van der Waals surface area contributed by atoms with Crippen LogP contribution in [0.5, 0.6) is 0 Å². The van der Waals surface area contributed by atoms with E-state index in [1.165, 1.54) is 0 Å². The minimum absolute atomic E-state index is 0.0464. The molecule has 0 rings (SSSR count). The molecule has 0 saturated heterocycles. The molecule has 0 spiro atoms. The molecule has 0 aromatic heterocycles. The highest BCUT2D eigenvalue weighted by atomic mass is 28.3. The van der Waals surface area contributed by atoms with Crippen molar-refractivity contribution in [2.24, 2.45) is 5.92 Å². The molecule has 0 aliphatic carbocycles. The zero-order valence-electron chi connectivity index (χ0n) is 10.3. The number of hydrogen-bond acceptors (Lipinski definition) is 2. The van der Waals surface area contributed by atoms with Gasteiger partial charge in [-0.3, -0.25) is 4.79 Å². The second-order valence-electron chi connectivity index (χ2n) is 5.14. The van der Waals surface area contributed by atoms with Gasteiger partial charge in [-0.15, -0.1) is 0 Å². The summed E-state index contributed by atoms with van der Waals surface area (Å²) in [5.41, 5.74) is 0. The predicted octanol–water partition coefficient (Wildman–Crippen LogP) is 3.11. The molecule has 0 unspecified atom stereocenters. The second-order valence-corrected chi connectivity index (χ2v) is 8.49. The van der Waals surface area contributed by atoms with E-state index in [4.69, 9.17) is 4.74 Å². The third kappa shape index (κ3) is 5.42. The molecule has 0 aliphatic rings. The van der Waals surface area contributed by atoms with Crippen molar-refractivity contribution in [3.63, 3.8) is 0 Å². The van der Waals surface area contributed by atoms with Gasteiger partial charge in [0, 0.05) is 15.2 Å². The first kappa shape index (κ1) is 13.7. The summed E-state index contributed by atoms with van der Waals surface area (Å²) in [5, 5.41) is 0.138. The number of esters is 1. The molecule has 3 heteroatoms. The minimum Gasteiger partial charge on any atom is -0.465 e. The van der Waals surface area contributed by atoms with E-state index in [9.17, 15) is 4.79 Å². The van der Waals surface area contributed by atoms with Gasteiger partial charge < -0.3 is 4.74 Å². The van der Waals surface area contributed by atoms with Gasteiger partial charge in [0.1, 0.15) is 0 Å². The van der Waals surface area contributed by atoms with Crippen LogP contribution >= 0.6 is 0 Å². The van der Waals surface area contributed by atoms with Gasteiger partial charge in [0.05, 0.1) is 6.61 Å². The summed E-state index contributed by atoms with van der Waals surface area (Å²) in [7, 11) is -0.445. The average molecular weight is 215 g/mol. The van der Waals surface area contributed by atoms with Crippen LogP contribution in [0, 0.1) is 5.92 Å². The molecular weight excluding hydrogens is 192 g/mol. The lowest BCUT2D eigenvalue weighted by molar-refractivity contribution is -0.145. The molecule has 0 atom stereocenters. The Hall–Kier alpha value is -0.313. The fraction of sp³-hybridized carbons (Fsp3) is 0.909. The zero-order valence-corrected chi connectivity index (χ0v) is 11.3. The van der Waals surface area contributed by atoms with E-state index in [-0.39, 0.29) is 11.0 Å². The van der Waals surface area contributed by atoms with Crippen LogP contribution in [0.3, 0.4) is 0 Å². The first-order valence-corrected chi connectivity index (χ1v) is 7.72. The Morgan fingerprint density at radius 2 is 1.86 bits per heavy atom. The van der Waals surface area contributed by atoms with Crippen LogP contribution in [0.2, 0.25) is 18.1 Å². The fourth-order valence-electron chi connectivity index (χ4n) is 0.848. The summed E-state index contributed by atoms with van der Waals surface area (Å²) < 4.78 is 5.17. The second kappa shape index (κ2) is 5.54. The molecule has 0 aromatic carbocycles. The molecule has 0 amide bonds. The number of carbonyl (C=O) groups is 1. The number of carbonyl (C=O) groups excluding carboxylic acids is 1. The SMILES string of the molecule is CC(C)COC(=O)CC(C)(C)[Si](C)C. The van der Waals surface area contributed by atoms with E-state index in [1.807, 2.05) is 13.8 Å². The van der Waals surface area contributed by atoms with Crippen molar-refractivity contribution < 1.29 is 9.53 Å². The Morgan fingerprint density at radius 3 is 2.21 bits per heavy atom. The van der Waals surface area contributed by atoms with Crippen molar-refractivity contribution in [3.8, 4) is 0 Å². The van der Waals surface area contributed by atoms with Crippen LogP contribution in [-0.4, -0.2) is 21.4 Å². The van der Waals surface area contributed by atoms with Crippen LogP contribution in [-0.2, 0) is 9.53 Å². The Labute approximate surface area is 89.6 Å². The number of rotatable bonds is 5. The number of hydrogen-bond donors (Lipinski definition) is 0. The summed E-state index contributed by atoms with van der Waals surface area (Å²) >= 11 is 0. The number of ether oxygens (including phenoxy) is 1. The normalized spacial score (nSPS) is 12.3. The van der Waals surface area contributed by atoms with Crippen molar-refractivity contribution in [1.82, 2.24) is 0 Å². The van der Waals surface area contributed by atoms with Crippen LogP contribution < -0.4 is 0 Å². The highest BCUT2D eigenvalue weighted by Crippen LogP contribution is 2.32. The molecule has 0 bridgehead atoms. The molecule has 1 radical (unpaired) electrons. The van der Waals surface area contributed by atoms with E-state index in [1.54, 1.807) is 0 Å². The summed E-state index contributed by atoms with van der Waals surface area (Å²) in [4.78, 5) is 11.5. The van der Waals surface area contributed by atoms with Gasteiger partial charge in [-0.25, -0.2) is 0 Å². The lowest BCUT2D eigenvalue weighted by atomic mass is 10.1. The molecule has 83 valence electrons. The highest BCUT2D eigenvalue weighted by Gasteiger charge is 2.27. The monoisotopic (exact) mass is 215 g/mol. The van der Waals surface area contributed by atoms with Crippen LogP contribution in [0.25, 0.3) is 0 Å². The average Bonchev–Trinajstić information content (AvgIpc) is 1.99. The van der Waals surface area contributed by atoms with Gasteiger partial charge >= 0.3 is 5.97 Å². The minimum atomic E-state index is -0.445. The van der Waals surface area contributed by atoms with Crippen molar-refractivity contribution in [1.29, 1.82) is 0 Å². The maximum absolute atomic E-state index is 11.5. The van der Waals surface area contributed by atoms with E-state index in [0.29, 0.717) is 18.9 Å². The molecule has 14 heavy (non-hydrogen) atoms. The standard InChI is InChI=1S/C11H23O2Si/c1-9(2)8-13-10(12)7-11(3,4)14(5)6/h9H,7-8H2,1-6H3. The zero-order chi connectivity index (χ0) is 11.4. The lowest BCUT2D eigenvalue weighted by Crippen LogP contribution is -2.25. The van der Waals surface area contributed by atoms with Gasteiger partial charge in [-0.1, -0.05) is 40.8 Å². The summed E-state index contributed by atoms with van der Waals surface area (Å²) in [5.74, 6) is 0.380. The van der Waals surface area contributed by atoms with E-state index in [2.05, 4.69) is 26.9 Å². The third-order valence-electron chi connectivity index (χ3n) is 2.52. The maximum Gasteiger partial charge on any atom is 0.306 e. The van der Waals surface area contributed by atoms with E-state index in [0.717, 1.165) is 0 Å². The van der Waals surface area contributed by atoms with Crippen molar-refractivity contribution in [2.75, 3.05) is 6.61 Å².